The number of nitrogens with one attached hydrogen (secondary N) is 1. The highest BCUT2D eigenvalue weighted by Crippen LogP contribution is 2.61. The Morgan fingerprint density at radius 2 is 1.59 bits per heavy atom. The van der Waals surface area contributed by atoms with E-state index in [0.29, 0.717) is 17.2 Å². The molecule has 170 valence electrons. The average Bonchev–Trinajstić information content (AvgIpc) is 3.52. The van der Waals surface area contributed by atoms with E-state index in [-0.39, 0.29) is 41.4 Å². The molecule has 3 amide bonds. The lowest BCUT2D eigenvalue weighted by molar-refractivity contribution is -0.123. The number of nitrogens with zero attached hydrogens (tertiary/aromatic N) is 1. The number of benzene rings is 3. The summed E-state index contributed by atoms with van der Waals surface area (Å²) in [7, 11) is 0. The van der Waals surface area contributed by atoms with Crippen molar-refractivity contribution in [3.05, 3.63) is 95.6 Å². The van der Waals surface area contributed by atoms with E-state index in [1.54, 1.807) is 24.3 Å². The maximum absolute atomic E-state index is 13.6. The zero-order valence-corrected chi connectivity index (χ0v) is 19.0. The molecule has 5 nitrogen and oxygen atoms in total. The Morgan fingerprint density at radius 3 is 2.38 bits per heavy atom. The van der Waals surface area contributed by atoms with Gasteiger partial charge in [-0.15, -0.1) is 0 Å². The molecule has 0 aromatic heterocycles. The van der Waals surface area contributed by atoms with Gasteiger partial charge < -0.3 is 5.32 Å². The number of carbonyl (C=O) groups excluding carboxylic acids is 3. The highest BCUT2D eigenvalue weighted by atomic mass is 16.2. The van der Waals surface area contributed by atoms with Gasteiger partial charge in [-0.1, -0.05) is 54.6 Å². The third-order valence-electron chi connectivity index (χ3n) is 8.00. The van der Waals surface area contributed by atoms with Crippen molar-refractivity contribution in [3.63, 3.8) is 0 Å². The maximum atomic E-state index is 13.6. The van der Waals surface area contributed by atoms with Gasteiger partial charge in [-0.2, -0.15) is 0 Å². The van der Waals surface area contributed by atoms with Crippen molar-refractivity contribution in [3.8, 4) is 0 Å². The van der Waals surface area contributed by atoms with Crippen LogP contribution in [0, 0.1) is 30.6 Å². The number of hydrogen-bond acceptors (Lipinski definition) is 3. The SMILES string of the molecule is Cc1ccccc1NC(=O)c1cccc(N2C(=O)[C@H]3[C@@H]4C[C@@H]([C@@H]3C2=O)[C@@H](c2ccccc2)C4)c1. The molecule has 1 N–H and O–H groups in total. The molecule has 3 fully saturated rings. The zero-order chi connectivity index (χ0) is 23.4. The normalized spacial score (nSPS) is 27.2. The van der Waals surface area contributed by atoms with Crippen LogP contribution in [0.4, 0.5) is 11.4 Å². The minimum atomic E-state index is -0.264. The first kappa shape index (κ1) is 20.8. The van der Waals surface area contributed by atoms with E-state index < -0.39 is 0 Å². The predicted octanol–water partition coefficient (Wildman–Crippen LogP) is 5.18. The lowest BCUT2D eigenvalue weighted by Gasteiger charge is -2.28. The molecule has 1 saturated heterocycles. The number of rotatable bonds is 4. The number of fused-ring (bicyclic) bond motifs is 5. The second kappa shape index (κ2) is 7.94. The molecule has 34 heavy (non-hydrogen) atoms. The molecule has 5 heteroatoms. The lowest BCUT2D eigenvalue weighted by atomic mass is 9.73. The highest BCUT2D eigenvalue weighted by molar-refractivity contribution is 6.23. The van der Waals surface area contributed by atoms with E-state index in [1.807, 2.05) is 49.4 Å². The van der Waals surface area contributed by atoms with Crippen LogP contribution >= 0.6 is 0 Å². The number of aryl methyl sites for hydroxylation is 1. The molecule has 2 aliphatic carbocycles. The molecule has 6 rings (SSSR count). The minimum absolute atomic E-state index is 0.106. The van der Waals surface area contributed by atoms with Crippen LogP contribution in [0.3, 0.4) is 0 Å². The van der Waals surface area contributed by atoms with Crippen molar-refractivity contribution in [1.29, 1.82) is 0 Å². The number of imide groups is 1. The Kier molecular flexibility index (Phi) is 4.87. The monoisotopic (exact) mass is 450 g/mol. The van der Waals surface area contributed by atoms with Gasteiger partial charge in [-0.05, 0) is 72.9 Å². The fourth-order valence-electron chi connectivity index (χ4n) is 6.49. The van der Waals surface area contributed by atoms with Crippen LogP contribution < -0.4 is 10.2 Å². The van der Waals surface area contributed by atoms with Gasteiger partial charge in [0.2, 0.25) is 11.8 Å². The molecule has 3 aliphatic rings. The van der Waals surface area contributed by atoms with E-state index in [2.05, 4.69) is 17.4 Å². The van der Waals surface area contributed by atoms with E-state index in [4.69, 9.17) is 0 Å². The second-order valence-electron chi connectivity index (χ2n) is 9.80. The first-order valence-corrected chi connectivity index (χ1v) is 11.9. The Balaban J connectivity index is 1.26. The van der Waals surface area contributed by atoms with E-state index in [9.17, 15) is 14.4 Å². The van der Waals surface area contributed by atoms with Crippen molar-refractivity contribution in [2.45, 2.75) is 25.7 Å². The fourth-order valence-corrected chi connectivity index (χ4v) is 6.49. The van der Waals surface area contributed by atoms with Crippen LogP contribution in [-0.4, -0.2) is 17.7 Å². The Bertz CT molecular complexity index is 1300. The summed E-state index contributed by atoms with van der Waals surface area (Å²) >= 11 is 0. The predicted molar refractivity (Wildman–Crippen MR) is 130 cm³/mol. The lowest BCUT2D eigenvalue weighted by Crippen LogP contribution is -2.33. The summed E-state index contributed by atoms with van der Waals surface area (Å²) in [5.74, 6) is -0.205. The average molecular weight is 451 g/mol. The molecule has 1 heterocycles. The van der Waals surface area contributed by atoms with Crippen molar-refractivity contribution >= 4 is 29.1 Å². The summed E-state index contributed by atoms with van der Waals surface area (Å²) in [6, 6.07) is 24.8. The zero-order valence-electron chi connectivity index (χ0n) is 19.0. The van der Waals surface area contributed by atoms with E-state index in [1.165, 1.54) is 10.5 Å². The maximum Gasteiger partial charge on any atom is 0.255 e. The Labute approximate surface area is 198 Å². The van der Waals surface area contributed by atoms with Crippen molar-refractivity contribution < 1.29 is 14.4 Å². The molecule has 3 aromatic rings. The van der Waals surface area contributed by atoms with Crippen LogP contribution in [-0.2, 0) is 9.59 Å². The van der Waals surface area contributed by atoms with E-state index >= 15 is 0 Å². The summed E-state index contributed by atoms with van der Waals surface area (Å²) in [5.41, 5.74) is 3.88. The number of hydrogen-bond donors (Lipinski definition) is 1. The number of carbonyl (C=O) groups is 3. The minimum Gasteiger partial charge on any atom is -0.322 e. The molecule has 0 radical (unpaired) electrons. The van der Waals surface area contributed by atoms with Crippen LogP contribution in [0.15, 0.2) is 78.9 Å². The van der Waals surface area contributed by atoms with Crippen LogP contribution in [0.1, 0.15) is 40.2 Å². The molecule has 2 bridgehead atoms. The van der Waals surface area contributed by atoms with Gasteiger partial charge >= 0.3 is 0 Å². The highest BCUT2D eigenvalue weighted by Gasteiger charge is 2.64. The van der Waals surface area contributed by atoms with Crippen LogP contribution in [0.25, 0.3) is 0 Å². The van der Waals surface area contributed by atoms with Gasteiger partial charge in [0.1, 0.15) is 0 Å². The van der Waals surface area contributed by atoms with Gasteiger partial charge in [0.25, 0.3) is 5.91 Å². The summed E-state index contributed by atoms with van der Waals surface area (Å²) in [6.07, 6.45) is 1.90. The van der Waals surface area contributed by atoms with Crippen molar-refractivity contribution in [1.82, 2.24) is 0 Å². The smallest absolute Gasteiger partial charge is 0.255 e. The van der Waals surface area contributed by atoms with Crippen molar-refractivity contribution in [2.75, 3.05) is 10.2 Å². The molecule has 5 atom stereocenters. The molecule has 0 unspecified atom stereocenters. The fraction of sp³-hybridized carbons (Fsp3) is 0.276. The quantitative estimate of drug-likeness (QED) is 0.557. The number of para-hydroxylation sites is 1. The standard InChI is InChI=1S/C29H26N2O3/c1-17-8-5-6-13-24(17)30-27(32)19-11-7-12-21(14-19)31-28(33)25-20-15-22(18-9-3-2-4-10-18)23(16-20)26(25)29(31)34/h2-14,20,22-23,25-26H,15-16H2,1H3,(H,30,32)/t20-,22+,23+,25-,26-/m0/s1. The summed E-state index contributed by atoms with van der Waals surface area (Å²) in [4.78, 5) is 41.3. The Morgan fingerprint density at radius 1 is 0.853 bits per heavy atom. The third-order valence-corrected chi connectivity index (χ3v) is 8.00. The van der Waals surface area contributed by atoms with Gasteiger partial charge in [0, 0.05) is 11.3 Å². The topological polar surface area (TPSA) is 66.5 Å². The molecule has 0 spiro atoms. The summed E-state index contributed by atoms with van der Waals surface area (Å²) < 4.78 is 0. The van der Waals surface area contributed by atoms with Crippen LogP contribution in [0.2, 0.25) is 0 Å². The summed E-state index contributed by atoms with van der Waals surface area (Å²) in [5, 5.41) is 2.93. The van der Waals surface area contributed by atoms with Crippen LogP contribution in [0.5, 0.6) is 0 Å². The first-order valence-electron chi connectivity index (χ1n) is 11.9. The first-order chi connectivity index (χ1) is 16.5. The third kappa shape index (κ3) is 3.18. The number of amides is 3. The second-order valence-corrected chi connectivity index (χ2v) is 9.80. The van der Waals surface area contributed by atoms with Gasteiger partial charge in [-0.25, -0.2) is 0 Å². The molecule has 2 saturated carbocycles. The molecule has 3 aromatic carbocycles. The van der Waals surface area contributed by atoms with Gasteiger partial charge in [-0.3, -0.25) is 19.3 Å². The largest absolute Gasteiger partial charge is 0.322 e. The number of anilines is 2. The molecule has 1 aliphatic heterocycles. The van der Waals surface area contributed by atoms with E-state index in [0.717, 1.165) is 24.1 Å². The summed E-state index contributed by atoms with van der Waals surface area (Å²) in [6.45, 7) is 1.93. The van der Waals surface area contributed by atoms with Gasteiger partial charge in [0.05, 0.1) is 17.5 Å². The Hall–Kier alpha value is -3.73. The molecular formula is C29H26N2O3. The van der Waals surface area contributed by atoms with Gasteiger partial charge in [0.15, 0.2) is 0 Å². The molecular weight excluding hydrogens is 424 g/mol. The van der Waals surface area contributed by atoms with Crippen molar-refractivity contribution in [2.24, 2.45) is 23.7 Å².